The Bertz CT molecular complexity index is 1480. The monoisotopic (exact) mass is 569 g/mol. The average molecular weight is 570 g/mol. The number of aromatic nitrogens is 1. The molecule has 2 fully saturated rings. The molecule has 0 radical (unpaired) electrons. The zero-order chi connectivity index (χ0) is 26.6. The first-order valence-electron chi connectivity index (χ1n) is 12.3. The molecular formula is C27H24ClN3O5S2. The van der Waals surface area contributed by atoms with E-state index in [0.29, 0.717) is 46.9 Å². The Morgan fingerprint density at radius 1 is 1.00 bits per heavy atom. The molecule has 3 atom stereocenters. The van der Waals surface area contributed by atoms with E-state index in [4.69, 9.17) is 16.3 Å². The van der Waals surface area contributed by atoms with E-state index in [9.17, 15) is 19.2 Å². The van der Waals surface area contributed by atoms with E-state index in [-0.39, 0.29) is 29.1 Å². The number of fused-ring (bicyclic) bond motifs is 2. The second kappa shape index (κ2) is 10.00. The van der Waals surface area contributed by atoms with Crippen LogP contribution in [0.5, 0.6) is 0 Å². The van der Waals surface area contributed by atoms with Crippen LogP contribution in [0.1, 0.15) is 21.9 Å². The van der Waals surface area contributed by atoms with Crippen LogP contribution in [0.25, 0.3) is 0 Å². The number of imide groups is 1. The molecule has 0 N–H and O–H groups in total. The average Bonchev–Trinajstić information content (AvgIpc) is 3.36. The van der Waals surface area contributed by atoms with Gasteiger partial charge >= 0.3 is 4.87 Å². The van der Waals surface area contributed by atoms with Crippen molar-refractivity contribution < 1.29 is 19.1 Å². The zero-order valence-corrected chi connectivity index (χ0v) is 22.9. The molecule has 0 bridgehead atoms. The van der Waals surface area contributed by atoms with E-state index in [1.807, 2.05) is 31.2 Å². The molecule has 0 aliphatic carbocycles. The zero-order valence-electron chi connectivity index (χ0n) is 20.5. The summed E-state index contributed by atoms with van der Waals surface area (Å²) < 4.78 is 6.81. The highest BCUT2D eigenvalue weighted by Crippen LogP contribution is 2.53. The molecular weight excluding hydrogens is 546 g/mol. The maximum absolute atomic E-state index is 13.9. The minimum atomic E-state index is -0.726. The highest BCUT2D eigenvalue weighted by atomic mass is 35.5. The van der Waals surface area contributed by atoms with Crippen molar-refractivity contribution in [3.05, 3.63) is 79.2 Å². The van der Waals surface area contributed by atoms with Crippen molar-refractivity contribution in [1.29, 1.82) is 0 Å². The van der Waals surface area contributed by atoms with Gasteiger partial charge in [0.25, 0.3) is 0 Å². The fraction of sp³-hybridized carbons (Fsp3) is 0.333. The SMILES string of the molecule is Cc1ccc(N2C(=O)C3Sc4c(sc(=O)n4CC(=O)N4CCOCC4)[C@H](c4ccc(Cl)cc4)C3C2=O)cc1. The number of amides is 3. The third-order valence-corrected chi connectivity index (χ3v) is 10.1. The van der Waals surface area contributed by atoms with Crippen LogP contribution in [0.2, 0.25) is 5.02 Å². The maximum Gasteiger partial charge on any atom is 0.308 e. The predicted octanol–water partition coefficient (Wildman–Crippen LogP) is 3.53. The summed E-state index contributed by atoms with van der Waals surface area (Å²) >= 11 is 8.41. The number of ether oxygens (including phenoxy) is 1. The number of nitrogens with zero attached hydrogens (tertiary/aromatic N) is 3. The third-order valence-electron chi connectivity index (χ3n) is 7.23. The van der Waals surface area contributed by atoms with Crippen LogP contribution >= 0.6 is 34.7 Å². The molecule has 1 aromatic heterocycles. The van der Waals surface area contributed by atoms with Crippen molar-refractivity contribution in [3.8, 4) is 0 Å². The lowest BCUT2D eigenvalue weighted by Gasteiger charge is -2.31. The van der Waals surface area contributed by atoms with Crippen molar-refractivity contribution in [2.24, 2.45) is 5.92 Å². The Balaban J connectivity index is 1.43. The number of hydrogen-bond donors (Lipinski definition) is 0. The van der Waals surface area contributed by atoms with E-state index < -0.39 is 17.1 Å². The van der Waals surface area contributed by atoms with Crippen molar-refractivity contribution in [2.45, 2.75) is 29.7 Å². The number of benzene rings is 2. The lowest BCUT2D eigenvalue weighted by molar-refractivity contribution is -0.136. The maximum atomic E-state index is 13.9. The fourth-order valence-corrected chi connectivity index (χ4v) is 8.18. The minimum absolute atomic E-state index is 0.119. The first-order valence-corrected chi connectivity index (χ1v) is 14.4. The molecule has 3 aliphatic heterocycles. The number of thiazole rings is 1. The van der Waals surface area contributed by atoms with Gasteiger partial charge in [0.15, 0.2) is 0 Å². The number of carbonyl (C=O) groups is 3. The fourth-order valence-electron chi connectivity index (χ4n) is 5.28. The number of carbonyl (C=O) groups excluding carboxylic acids is 3. The van der Waals surface area contributed by atoms with Crippen LogP contribution in [0.15, 0.2) is 58.4 Å². The lowest BCUT2D eigenvalue weighted by atomic mass is 9.83. The molecule has 2 unspecified atom stereocenters. The second-order valence-electron chi connectivity index (χ2n) is 9.56. The summed E-state index contributed by atoms with van der Waals surface area (Å²) in [6, 6.07) is 14.4. The summed E-state index contributed by atoms with van der Waals surface area (Å²) in [5.74, 6) is -1.99. The van der Waals surface area contributed by atoms with Gasteiger partial charge in [0.2, 0.25) is 17.7 Å². The molecule has 8 nitrogen and oxygen atoms in total. The predicted molar refractivity (Wildman–Crippen MR) is 146 cm³/mol. The van der Waals surface area contributed by atoms with Crippen molar-refractivity contribution in [3.63, 3.8) is 0 Å². The van der Waals surface area contributed by atoms with Crippen LogP contribution in [-0.2, 0) is 25.7 Å². The van der Waals surface area contributed by atoms with Gasteiger partial charge in [-0.3, -0.25) is 23.7 Å². The Morgan fingerprint density at radius 2 is 1.68 bits per heavy atom. The smallest absolute Gasteiger partial charge is 0.308 e. The Kier molecular flexibility index (Phi) is 6.67. The normalized spacial score (nSPS) is 22.9. The molecule has 11 heteroatoms. The van der Waals surface area contributed by atoms with Crippen LogP contribution < -0.4 is 9.77 Å². The van der Waals surface area contributed by atoms with E-state index in [0.717, 1.165) is 22.5 Å². The van der Waals surface area contributed by atoms with Crippen LogP contribution in [0, 0.1) is 12.8 Å². The molecule has 0 saturated carbocycles. The summed E-state index contributed by atoms with van der Waals surface area (Å²) in [6.45, 7) is 3.70. The Hall–Kier alpha value is -2.92. The van der Waals surface area contributed by atoms with Gasteiger partial charge in [-0.05, 0) is 36.8 Å². The number of morpholine rings is 1. The summed E-state index contributed by atoms with van der Waals surface area (Å²) in [4.78, 5) is 57.3. The number of anilines is 1. The van der Waals surface area contributed by atoms with E-state index in [1.54, 1.807) is 29.2 Å². The molecule has 196 valence electrons. The number of halogens is 1. The van der Waals surface area contributed by atoms with Gasteiger partial charge in [-0.2, -0.15) is 0 Å². The second-order valence-corrected chi connectivity index (χ2v) is 12.1. The number of aryl methyl sites for hydroxylation is 1. The van der Waals surface area contributed by atoms with E-state index in [1.165, 1.54) is 21.2 Å². The van der Waals surface area contributed by atoms with Crippen molar-refractivity contribution in [2.75, 3.05) is 31.2 Å². The molecule has 4 heterocycles. The molecule has 3 amide bonds. The standard InChI is InChI=1S/C27H24ClN3O5S2/c1-15-2-8-18(9-3-15)31-24(33)21-20(16-4-6-17(28)7-5-16)23-26(37-22(21)25(31)34)30(27(35)38-23)14-19(32)29-10-12-36-13-11-29/h2-9,20-22H,10-14H2,1H3/t20-,21?,22?/m1/s1. The lowest BCUT2D eigenvalue weighted by Crippen LogP contribution is -2.43. The topological polar surface area (TPSA) is 88.9 Å². The molecule has 2 aromatic carbocycles. The van der Waals surface area contributed by atoms with Gasteiger partial charge < -0.3 is 9.64 Å². The largest absolute Gasteiger partial charge is 0.378 e. The number of thioether (sulfide) groups is 1. The van der Waals surface area contributed by atoms with Crippen molar-refractivity contribution in [1.82, 2.24) is 9.47 Å². The summed E-state index contributed by atoms with van der Waals surface area (Å²) in [6.07, 6.45) is 0. The summed E-state index contributed by atoms with van der Waals surface area (Å²) in [5, 5.41) is 0.401. The van der Waals surface area contributed by atoms with Gasteiger partial charge in [-0.1, -0.05) is 64.5 Å². The number of hydrogen-bond acceptors (Lipinski definition) is 7. The molecule has 3 aromatic rings. The van der Waals surface area contributed by atoms with E-state index >= 15 is 0 Å². The third kappa shape index (κ3) is 4.29. The number of rotatable bonds is 4. The molecule has 3 aliphatic rings. The summed E-state index contributed by atoms with van der Waals surface area (Å²) in [7, 11) is 0. The highest BCUT2D eigenvalue weighted by molar-refractivity contribution is 8.00. The van der Waals surface area contributed by atoms with Gasteiger partial charge in [0.1, 0.15) is 11.8 Å². The summed E-state index contributed by atoms with van der Waals surface area (Å²) in [5.41, 5.74) is 2.35. The first kappa shape index (κ1) is 25.4. The minimum Gasteiger partial charge on any atom is -0.378 e. The van der Waals surface area contributed by atoms with E-state index in [2.05, 4.69) is 0 Å². The van der Waals surface area contributed by atoms with Crippen LogP contribution in [0.3, 0.4) is 0 Å². The van der Waals surface area contributed by atoms with Gasteiger partial charge in [0.05, 0.1) is 29.8 Å². The molecule has 6 rings (SSSR count). The van der Waals surface area contributed by atoms with Gasteiger partial charge in [0, 0.05) is 28.9 Å². The van der Waals surface area contributed by atoms with Gasteiger partial charge in [-0.15, -0.1) is 0 Å². The van der Waals surface area contributed by atoms with Crippen LogP contribution in [-0.4, -0.2) is 58.7 Å². The molecule has 38 heavy (non-hydrogen) atoms. The first-order chi connectivity index (χ1) is 18.3. The quantitative estimate of drug-likeness (QED) is 0.447. The van der Waals surface area contributed by atoms with Gasteiger partial charge in [-0.25, -0.2) is 4.90 Å². The van der Waals surface area contributed by atoms with Crippen LogP contribution in [0.4, 0.5) is 5.69 Å². The molecule has 0 spiro atoms. The molecule has 2 saturated heterocycles. The Morgan fingerprint density at radius 3 is 2.37 bits per heavy atom. The highest BCUT2D eigenvalue weighted by Gasteiger charge is 2.56. The van der Waals surface area contributed by atoms with Crippen molar-refractivity contribution >= 4 is 58.1 Å². The Labute approximate surface area is 232 Å².